The van der Waals surface area contributed by atoms with Gasteiger partial charge in [-0.1, -0.05) is 17.7 Å². The Bertz CT molecular complexity index is 987. The molecule has 0 bridgehead atoms. The number of amides is 1. The lowest BCUT2D eigenvalue weighted by atomic mass is 9.92. The van der Waals surface area contributed by atoms with Gasteiger partial charge in [0.25, 0.3) is 0 Å². The first-order valence-corrected chi connectivity index (χ1v) is 10.2. The zero-order valence-corrected chi connectivity index (χ0v) is 18.4. The molecule has 2 aromatic rings. The number of benzene rings is 2. The van der Waals surface area contributed by atoms with Gasteiger partial charge in [0.05, 0.1) is 17.8 Å². The number of carbonyl (C=O) groups excluding carboxylic acids is 1. The van der Waals surface area contributed by atoms with Crippen LogP contribution in [-0.4, -0.2) is 23.7 Å². The normalized spacial score (nSPS) is 19.8. The number of rotatable bonds is 6. The Kier molecular flexibility index (Phi) is 7.08. The lowest BCUT2D eigenvalue weighted by Gasteiger charge is -2.27. The summed E-state index contributed by atoms with van der Waals surface area (Å²) in [5.41, 5.74) is 3.45. The fourth-order valence-corrected chi connectivity index (χ4v) is 3.73. The van der Waals surface area contributed by atoms with E-state index in [-0.39, 0.29) is 17.4 Å². The van der Waals surface area contributed by atoms with Crippen molar-refractivity contribution in [3.05, 3.63) is 58.4 Å². The molecule has 1 amide bonds. The number of nitrogens with one attached hydrogen (secondary N) is 2. The predicted octanol–water partition coefficient (Wildman–Crippen LogP) is 4.78. The van der Waals surface area contributed by atoms with Gasteiger partial charge in [0.2, 0.25) is 5.91 Å². The molecule has 6 nitrogen and oxygen atoms in total. The molecule has 1 atom stereocenters. The Labute approximate surface area is 188 Å². The highest BCUT2D eigenvalue weighted by Crippen LogP contribution is 2.42. The Hall–Kier alpha value is -2.06. The highest BCUT2D eigenvalue weighted by Gasteiger charge is 2.47. The van der Waals surface area contributed by atoms with E-state index in [2.05, 4.69) is 15.8 Å². The van der Waals surface area contributed by atoms with Gasteiger partial charge in [-0.25, -0.2) is 9.38 Å². The molecule has 2 aromatic carbocycles. The molecule has 2 N–H and O–H groups in total. The second-order valence-corrected chi connectivity index (χ2v) is 8.17. The summed E-state index contributed by atoms with van der Waals surface area (Å²) in [6.07, 6.45) is 0.208. The number of carbonyl (C=O) groups is 1. The SMILES string of the molecule is COc1ccc(N=C2CC(c3ccc(F)c(Cl)c3)(C(Cl)Cl)ON2)cc1CNC(C)=O. The molecule has 1 saturated heterocycles. The molecule has 0 spiro atoms. The number of halogens is 4. The van der Waals surface area contributed by atoms with Gasteiger partial charge < -0.3 is 10.1 Å². The van der Waals surface area contributed by atoms with Crippen molar-refractivity contribution < 1.29 is 18.8 Å². The number of nitrogens with zero attached hydrogens (tertiary/aromatic N) is 1. The van der Waals surface area contributed by atoms with E-state index in [1.165, 1.54) is 25.1 Å². The molecule has 1 aliphatic rings. The molecule has 0 aliphatic carbocycles. The number of hydroxylamine groups is 1. The largest absolute Gasteiger partial charge is 0.496 e. The van der Waals surface area contributed by atoms with Gasteiger partial charge in [0, 0.05) is 25.5 Å². The van der Waals surface area contributed by atoms with Crippen molar-refractivity contribution in [1.29, 1.82) is 0 Å². The zero-order valence-electron chi connectivity index (χ0n) is 16.1. The number of hydrogen-bond acceptors (Lipinski definition) is 4. The van der Waals surface area contributed by atoms with Crippen LogP contribution in [0.25, 0.3) is 0 Å². The lowest BCUT2D eigenvalue weighted by Crippen LogP contribution is -2.33. The quantitative estimate of drug-likeness (QED) is 0.591. The van der Waals surface area contributed by atoms with E-state index < -0.39 is 16.3 Å². The minimum Gasteiger partial charge on any atom is -0.496 e. The van der Waals surface area contributed by atoms with Crippen LogP contribution in [0.4, 0.5) is 10.1 Å². The van der Waals surface area contributed by atoms with E-state index in [0.29, 0.717) is 29.4 Å². The minimum absolute atomic E-state index is 0.0624. The van der Waals surface area contributed by atoms with E-state index in [9.17, 15) is 9.18 Å². The molecule has 0 radical (unpaired) electrons. The van der Waals surface area contributed by atoms with E-state index in [1.54, 1.807) is 25.3 Å². The molecule has 1 heterocycles. The third-order valence-electron chi connectivity index (χ3n) is 4.60. The maximum atomic E-state index is 13.6. The van der Waals surface area contributed by atoms with Crippen molar-refractivity contribution in [2.24, 2.45) is 4.99 Å². The first kappa shape index (κ1) is 22.6. The number of amidine groups is 1. The van der Waals surface area contributed by atoms with Crippen molar-refractivity contribution in [3.8, 4) is 5.75 Å². The highest BCUT2D eigenvalue weighted by molar-refractivity contribution is 6.45. The topological polar surface area (TPSA) is 72.0 Å². The minimum atomic E-state index is -1.19. The van der Waals surface area contributed by atoms with Crippen LogP contribution in [0.5, 0.6) is 5.75 Å². The van der Waals surface area contributed by atoms with Crippen LogP contribution in [0, 0.1) is 5.82 Å². The summed E-state index contributed by atoms with van der Waals surface area (Å²) in [6, 6.07) is 9.48. The number of hydrogen-bond donors (Lipinski definition) is 2. The van der Waals surface area contributed by atoms with Crippen molar-refractivity contribution in [2.75, 3.05) is 7.11 Å². The third kappa shape index (κ3) is 4.81. The third-order valence-corrected chi connectivity index (χ3v) is 5.59. The van der Waals surface area contributed by atoms with E-state index in [1.807, 2.05) is 0 Å². The molecule has 3 rings (SSSR count). The summed E-state index contributed by atoms with van der Waals surface area (Å²) >= 11 is 18.4. The summed E-state index contributed by atoms with van der Waals surface area (Å²) in [4.78, 5) is 20.5. The molecule has 0 aromatic heterocycles. The first-order valence-electron chi connectivity index (χ1n) is 8.92. The predicted molar refractivity (Wildman–Crippen MR) is 115 cm³/mol. The Morgan fingerprint density at radius 2 is 2.13 bits per heavy atom. The molecule has 1 unspecified atom stereocenters. The van der Waals surface area contributed by atoms with Crippen LogP contribution in [0.3, 0.4) is 0 Å². The number of alkyl halides is 2. The van der Waals surface area contributed by atoms with E-state index in [4.69, 9.17) is 44.4 Å². The molecule has 0 saturated carbocycles. The van der Waals surface area contributed by atoms with Crippen LogP contribution < -0.4 is 15.5 Å². The maximum absolute atomic E-state index is 13.6. The second kappa shape index (κ2) is 9.39. The molecule has 160 valence electrons. The van der Waals surface area contributed by atoms with Gasteiger partial charge in [-0.05, 0) is 35.9 Å². The van der Waals surface area contributed by atoms with Gasteiger partial charge in [-0.2, -0.15) is 0 Å². The van der Waals surface area contributed by atoms with Crippen molar-refractivity contribution in [1.82, 2.24) is 10.8 Å². The van der Waals surface area contributed by atoms with Crippen molar-refractivity contribution >= 4 is 52.2 Å². The van der Waals surface area contributed by atoms with Crippen LogP contribution in [0.2, 0.25) is 5.02 Å². The summed E-state index contributed by atoms with van der Waals surface area (Å²) in [5, 5.41) is 2.67. The Morgan fingerprint density at radius 1 is 1.37 bits per heavy atom. The Morgan fingerprint density at radius 3 is 2.77 bits per heavy atom. The van der Waals surface area contributed by atoms with Crippen molar-refractivity contribution in [2.45, 2.75) is 30.3 Å². The number of ether oxygens (including phenoxy) is 1. The summed E-state index contributed by atoms with van der Waals surface area (Å²) < 4.78 is 18.9. The van der Waals surface area contributed by atoms with Gasteiger partial charge in [-0.3, -0.25) is 15.1 Å². The van der Waals surface area contributed by atoms with Crippen LogP contribution in [-0.2, 0) is 21.8 Å². The van der Waals surface area contributed by atoms with E-state index >= 15 is 0 Å². The molecule has 10 heteroatoms. The smallest absolute Gasteiger partial charge is 0.217 e. The van der Waals surface area contributed by atoms with Gasteiger partial charge in [0.1, 0.15) is 22.2 Å². The summed E-state index contributed by atoms with van der Waals surface area (Å²) in [6.45, 7) is 1.73. The van der Waals surface area contributed by atoms with Crippen LogP contribution in [0.1, 0.15) is 24.5 Å². The molecular formula is C20H19Cl3FN3O3. The standard InChI is InChI=1S/C20H19Cl3FN3O3/c1-11(28)25-10-12-7-14(4-6-17(12)29-2)26-18-9-20(19(22)23,30-27-18)13-3-5-16(24)15(21)8-13/h3-8,19H,9-10H2,1-2H3,(H,25,28)(H,26,27). The fourth-order valence-electron chi connectivity index (χ4n) is 3.05. The van der Waals surface area contributed by atoms with Crippen molar-refractivity contribution in [3.63, 3.8) is 0 Å². The summed E-state index contributed by atoms with van der Waals surface area (Å²) in [5.74, 6) is 0.385. The van der Waals surface area contributed by atoms with Crippen LogP contribution in [0.15, 0.2) is 41.4 Å². The molecular weight excluding hydrogens is 456 g/mol. The van der Waals surface area contributed by atoms with Gasteiger partial charge >= 0.3 is 0 Å². The van der Waals surface area contributed by atoms with Crippen LogP contribution >= 0.6 is 34.8 Å². The van der Waals surface area contributed by atoms with Gasteiger partial charge in [-0.15, -0.1) is 23.2 Å². The maximum Gasteiger partial charge on any atom is 0.217 e. The fraction of sp³-hybridized carbons (Fsp3) is 0.300. The Balaban J connectivity index is 1.89. The molecule has 30 heavy (non-hydrogen) atoms. The summed E-state index contributed by atoms with van der Waals surface area (Å²) in [7, 11) is 1.55. The average molecular weight is 475 g/mol. The average Bonchev–Trinajstić information content (AvgIpc) is 3.13. The first-order chi connectivity index (χ1) is 14.2. The molecule has 1 aliphatic heterocycles. The molecule has 1 fully saturated rings. The van der Waals surface area contributed by atoms with E-state index in [0.717, 1.165) is 5.56 Å². The van der Waals surface area contributed by atoms with Gasteiger partial charge in [0.15, 0.2) is 5.60 Å². The zero-order chi connectivity index (χ0) is 21.9. The number of aliphatic imine (C=N–C) groups is 1. The number of methoxy groups -OCH3 is 1. The highest BCUT2D eigenvalue weighted by atomic mass is 35.5. The second-order valence-electron chi connectivity index (χ2n) is 6.66. The monoisotopic (exact) mass is 473 g/mol. The lowest BCUT2D eigenvalue weighted by molar-refractivity contribution is -0.119.